The van der Waals surface area contributed by atoms with E-state index in [2.05, 4.69) is 0 Å². The fraction of sp³-hybridized carbons (Fsp3) is 0.533. The van der Waals surface area contributed by atoms with Crippen LogP contribution in [0.5, 0.6) is 11.5 Å². The number of carbonyl (C=O) groups is 1. The third kappa shape index (κ3) is 3.87. The highest BCUT2D eigenvalue weighted by Crippen LogP contribution is 2.20. The van der Waals surface area contributed by atoms with Crippen molar-refractivity contribution in [2.75, 3.05) is 26.8 Å². The Bertz CT molecular complexity index is 449. The van der Waals surface area contributed by atoms with Crippen molar-refractivity contribution in [2.24, 2.45) is 0 Å². The van der Waals surface area contributed by atoms with Crippen molar-refractivity contribution < 1.29 is 19.4 Å². The molecule has 1 aliphatic heterocycles. The van der Waals surface area contributed by atoms with Crippen LogP contribution in [0.2, 0.25) is 0 Å². The van der Waals surface area contributed by atoms with Crippen molar-refractivity contribution in [3.05, 3.63) is 24.3 Å². The lowest BCUT2D eigenvalue weighted by Gasteiger charge is -2.32. The molecule has 0 saturated carbocycles. The normalized spacial score (nSPS) is 19.6. The molecule has 0 bridgehead atoms. The first-order chi connectivity index (χ1) is 9.70. The number of carboxylic acid groups (broad SMARTS) is 1. The Labute approximate surface area is 119 Å². The van der Waals surface area contributed by atoms with Gasteiger partial charge >= 0.3 is 5.97 Å². The summed E-state index contributed by atoms with van der Waals surface area (Å²) in [5, 5.41) is 9.19. The fourth-order valence-corrected chi connectivity index (χ4v) is 2.51. The molecule has 5 nitrogen and oxygen atoms in total. The number of rotatable bonds is 6. The number of likely N-dealkylation sites (tertiary alicyclic amines) is 1. The summed E-state index contributed by atoms with van der Waals surface area (Å²) < 4.78 is 10.8. The highest BCUT2D eigenvalue weighted by molar-refractivity contribution is 5.73. The van der Waals surface area contributed by atoms with Crippen LogP contribution in [-0.2, 0) is 4.79 Å². The summed E-state index contributed by atoms with van der Waals surface area (Å²) >= 11 is 0. The largest absolute Gasteiger partial charge is 0.497 e. The van der Waals surface area contributed by atoms with Gasteiger partial charge in [0, 0.05) is 12.6 Å². The Morgan fingerprint density at radius 3 is 2.95 bits per heavy atom. The number of hydrogen-bond acceptors (Lipinski definition) is 4. The highest BCUT2D eigenvalue weighted by Gasteiger charge is 2.27. The molecule has 1 aliphatic rings. The average molecular weight is 279 g/mol. The zero-order valence-electron chi connectivity index (χ0n) is 11.7. The van der Waals surface area contributed by atoms with Gasteiger partial charge in [0.1, 0.15) is 24.1 Å². The Morgan fingerprint density at radius 1 is 1.40 bits per heavy atom. The van der Waals surface area contributed by atoms with Crippen molar-refractivity contribution in [1.29, 1.82) is 0 Å². The van der Waals surface area contributed by atoms with Gasteiger partial charge in [0.25, 0.3) is 0 Å². The lowest BCUT2D eigenvalue weighted by molar-refractivity contribution is -0.144. The van der Waals surface area contributed by atoms with Crippen LogP contribution in [0.15, 0.2) is 24.3 Å². The summed E-state index contributed by atoms with van der Waals surface area (Å²) in [6, 6.07) is 7.06. The molecule has 0 amide bonds. The molecule has 1 aromatic carbocycles. The van der Waals surface area contributed by atoms with Crippen LogP contribution in [0.4, 0.5) is 0 Å². The predicted molar refractivity (Wildman–Crippen MR) is 75.3 cm³/mol. The van der Waals surface area contributed by atoms with E-state index in [0.717, 1.165) is 37.3 Å². The summed E-state index contributed by atoms with van der Waals surface area (Å²) in [7, 11) is 1.62. The molecule has 1 heterocycles. The first kappa shape index (κ1) is 14.7. The predicted octanol–water partition coefficient (Wildman–Crippen LogP) is 2.01. The summed E-state index contributed by atoms with van der Waals surface area (Å²) in [5.74, 6) is 0.767. The van der Waals surface area contributed by atoms with Crippen molar-refractivity contribution in [2.45, 2.75) is 25.3 Å². The maximum absolute atomic E-state index is 11.2. The van der Waals surface area contributed by atoms with Crippen molar-refractivity contribution in [3.63, 3.8) is 0 Å². The van der Waals surface area contributed by atoms with Crippen LogP contribution in [0.25, 0.3) is 0 Å². The number of aliphatic carboxylic acids is 1. The zero-order valence-corrected chi connectivity index (χ0v) is 11.7. The molecule has 0 aromatic heterocycles. The third-order valence-corrected chi connectivity index (χ3v) is 3.59. The Hall–Kier alpha value is -1.75. The average Bonchev–Trinajstić information content (AvgIpc) is 2.48. The zero-order chi connectivity index (χ0) is 14.4. The third-order valence-electron chi connectivity index (χ3n) is 3.59. The van der Waals surface area contributed by atoms with E-state index < -0.39 is 5.97 Å². The molecule has 0 aliphatic carbocycles. The van der Waals surface area contributed by atoms with E-state index in [4.69, 9.17) is 9.47 Å². The molecule has 1 saturated heterocycles. The maximum atomic E-state index is 11.2. The summed E-state index contributed by atoms with van der Waals surface area (Å²) in [5.41, 5.74) is 0. The Kier molecular flexibility index (Phi) is 5.24. The van der Waals surface area contributed by atoms with Gasteiger partial charge in [-0.05, 0) is 31.5 Å². The minimum atomic E-state index is -0.730. The topological polar surface area (TPSA) is 59.0 Å². The standard InChI is InChI=1S/C15H21NO4/c1-19-12-5-4-6-13(11-12)20-10-9-16-8-3-2-7-14(16)15(17)18/h4-6,11,14H,2-3,7-10H2,1H3,(H,17,18). The van der Waals surface area contributed by atoms with Gasteiger partial charge in [0.15, 0.2) is 0 Å². The Morgan fingerprint density at radius 2 is 2.20 bits per heavy atom. The summed E-state index contributed by atoms with van der Waals surface area (Å²) in [6.45, 7) is 1.95. The van der Waals surface area contributed by atoms with Gasteiger partial charge in [-0.15, -0.1) is 0 Å². The highest BCUT2D eigenvalue weighted by atomic mass is 16.5. The minimum absolute atomic E-state index is 0.363. The fourth-order valence-electron chi connectivity index (χ4n) is 2.51. The molecular weight excluding hydrogens is 258 g/mol. The second-order valence-electron chi connectivity index (χ2n) is 4.91. The number of carboxylic acids is 1. The molecule has 1 fully saturated rings. The number of benzene rings is 1. The van der Waals surface area contributed by atoms with Crippen LogP contribution >= 0.6 is 0 Å². The van der Waals surface area contributed by atoms with Gasteiger partial charge in [-0.3, -0.25) is 9.69 Å². The molecule has 110 valence electrons. The van der Waals surface area contributed by atoms with E-state index in [-0.39, 0.29) is 6.04 Å². The number of methoxy groups -OCH3 is 1. The SMILES string of the molecule is COc1cccc(OCCN2CCCCC2C(=O)O)c1. The van der Waals surface area contributed by atoms with Crippen molar-refractivity contribution in [1.82, 2.24) is 4.90 Å². The number of piperidine rings is 1. The van der Waals surface area contributed by atoms with E-state index in [1.165, 1.54) is 0 Å². The monoisotopic (exact) mass is 279 g/mol. The molecule has 1 N–H and O–H groups in total. The van der Waals surface area contributed by atoms with E-state index >= 15 is 0 Å². The molecule has 1 atom stereocenters. The lowest BCUT2D eigenvalue weighted by atomic mass is 10.0. The number of hydrogen-bond donors (Lipinski definition) is 1. The number of ether oxygens (including phenoxy) is 2. The molecule has 0 radical (unpaired) electrons. The van der Waals surface area contributed by atoms with Gasteiger partial charge in [-0.25, -0.2) is 0 Å². The van der Waals surface area contributed by atoms with E-state index in [1.807, 2.05) is 29.2 Å². The molecule has 2 rings (SSSR count). The van der Waals surface area contributed by atoms with E-state index in [1.54, 1.807) is 7.11 Å². The van der Waals surface area contributed by atoms with Crippen LogP contribution in [0.1, 0.15) is 19.3 Å². The maximum Gasteiger partial charge on any atom is 0.320 e. The van der Waals surface area contributed by atoms with Gasteiger partial charge in [0.2, 0.25) is 0 Å². The summed E-state index contributed by atoms with van der Waals surface area (Å²) in [6.07, 6.45) is 2.78. The van der Waals surface area contributed by atoms with E-state index in [0.29, 0.717) is 13.2 Å². The van der Waals surface area contributed by atoms with Gasteiger partial charge in [0.05, 0.1) is 7.11 Å². The van der Waals surface area contributed by atoms with Gasteiger partial charge in [-0.1, -0.05) is 12.5 Å². The molecule has 1 unspecified atom stereocenters. The van der Waals surface area contributed by atoms with E-state index in [9.17, 15) is 9.90 Å². The van der Waals surface area contributed by atoms with Gasteiger partial charge < -0.3 is 14.6 Å². The molecule has 0 spiro atoms. The Balaban J connectivity index is 1.83. The molecule has 5 heteroatoms. The number of nitrogens with zero attached hydrogens (tertiary/aromatic N) is 1. The lowest BCUT2D eigenvalue weighted by Crippen LogP contribution is -2.46. The quantitative estimate of drug-likeness (QED) is 0.863. The second kappa shape index (κ2) is 7.14. The van der Waals surface area contributed by atoms with Crippen molar-refractivity contribution in [3.8, 4) is 11.5 Å². The van der Waals surface area contributed by atoms with Gasteiger partial charge in [-0.2, -0.15) is 0 Å². The molecule has 20 heavy (non-hydrogen) atoms. The van der Waals surface area contributed by atoms with Crippen LogP contribution in [0.3, 0.4) is 0 Å². The first-order valence-corrected chi connectivity index (χ1v) is 6.94. The first-order valence-electron chi connectivity index (χ1n) is 6.94. The molecule has 1 aromatic rings. The van der Waals surface area contributed by atoms with Crippen LogP contribution < -0.4 is 9.47 Å². The smallest absolute Gasteiger partial charge is 0.320 e. The van der Waals surface area contributed by atoms with Crippen LogP contribution in [0, 0.1) is 0 Å². The minimum Gasteiger partial charge on any atom is -0.497 e. The molecular formula is C15H21NO4. The second-order valence-corrected chi connectivity index (χ2v) is 4.91. The summed E-state index contributed by atoms with van der Waals surface area (Å²) in [4.78, 5) is 13.2. The van der Waals surface area contributed by atoms with Crippen molar-refractivity contribution >= 4 is 5.97 Å². The van der Waals surface area contributed by atoms with Crippen LogP contribution in [-0.4, -0.2) is 48.8 Å².